The first-order valence-electron chi connectivity index (χ1n) is 8.39. The quantitative estimate of drug-likeness (QED) is 0.664. The van der Waals surface area contributed by atoms with Crippen molar-refractivity contribution >= 4 is 34.6 Å². The van der Waals surface area contributed by atoms with Gasteiger partial charge in [-0.05, 0) is 55.4 Å². The Balaban J connectivity index is 1.77. The summed E-state index contributed by atoms with van der Waals surface area (Å²) in [6, 6.07) is 6.66. The van der Waals surface area contributed by atoms with E-state index in [1.54, 1.807) is 17.2 Å². The molecule has 0 bridgehead atoms. The van der Waals surface area contributed by atoms with Gasteiger partial charge in [-0.25, -0.2) is 0 Å². The molecule has 1 aromatic carbocycles. The molecule has 2 heterocycles. The zero-order valence-electron chi connectivity index (χ0n) is 14.3. The van der Waals surface area contributed by atoms with E-state index in [9.17, 15) is 13.2 Å². The molecular formula is C18H18ClF3N2O2S. The van der Waals surface area contributed by atoms with E-state index in [4.69, 9.17) is 33.0 Å². The second-order valence-corrected chi connectivity index (χ2v) is 7.01. The van der Waals surface area contributed by atoms with E-state index in [2.05, 4.69) is 5.32 Å². The first kappa shape index (κ1) is 20.0. The Bertz CT molecular complexity index is 777. The third kappa shape index (κ3) is 5.37. The minimum Gasteiger partial charge on any atom is -0.467 e. The second-order valence-electron chi connectivity index (χ2n) is 6.22. The summed E-state index contributed by atoms with van der Waals surface area (Å²) in [7, 11) is 0. The van der Waals surface area contributed by atoms with Crippen LogP contribution >= 0.6 is 23.8 Å². The lowest BCUT2D eigenvalue weighted by molar-refractivity contribution is -0.137. The number of halogens is 4. The molecule has 27 heavy (non-hydrogen) atoms. The Hall–Kier alpha value is -1.77. The molecule has 1 fully saturated rings. The predicted octanol–water partition coefficient (Wildman–Crippen LogP) is 5.33. The number of furan rings is 1. The average molecular weight is 419 g/mol. The minimum absolute atomic E-state index is 0.0108. The van der Waals surface area contributed by atoms with Crippen molar-refractivity contribution in [3.63, 3.8) is 0 Å². The predicted molar refractivity (Wildman–Crippen MR) is 101 cm³/mol. The summed E-state index contributed by atoms with van der Waals surface area (Å²) >= 11 is 11.5. The molecule has 1 atom stereocenters. The molecule has 0 radical (unpaired) electrons. The van der Waals surface area contributed by atoms with Crippen molar-refractivity contribution in [1.82, 2.24) is 4.90 Å². The molecule has 0 saturated carbocycles. The zero-order chi connectivity index (χ0) is 19.4. The van der Waals surface area contributed by atoms with E-state index in [-0.39, 0.29) is 21.9 Å². The summed E-state index contributed by atoms with van der Waals surface area (Å²) in [5, 5.41) is 3.24. The third-order valence-electron chi connectivity index (χ3n) is 4.20. The molecule has 1 saturated heterocycles. The second kappa shape index (κ2) is 8.50. The molecule has 1 aliphatic heterocycles. The fourth-order valence-electron chi connectivity index (χ4n) is 2.84. The number of nitrogens with zero attached hydrogens (tertiary/aromatic N) is 1. The van der Waals surface area contributed by atoms with Crippen LogP contribution in [0.4, 0.5) is 18.9 Å². The monoisotopic (exact) mass is 418 g/mol. The fraction of sp³-hybridized carbons (Fsp3) is 0.389. The van der Waals surface area contributed by atoms with Crippen LogP contribution in [0.25, 0.3) is 0 Å². The van der Waals surface area contributed by atoms with Crippen LogP contribution in [-0.2, 0) is 17.5 Å². The number of thiocarbonyl (C=S) groups is 1. The lowest BCUT2D eigenvalue weighted by Crippen LogP contribution is -2.39. The Morgan fingerprint density at radius 2 is 2.15 bits per heavy atom. The summed E-state index contributed by atoms with van der Waals surface area (Å²) < 4.78 is 50.0. The molecule has 0 unspecified atom stereocenters. The molecule has 9 heteroatoms. The van der Waals surface area contributed by atoms with Crippen LogP contribution < -0.4 is 5.32 Å². The highest BCUT2D eigenvalue weighted by Crippen LogP contribution is 2.34. The lowest BCUT2D eigenvalue weighted by atomic mass is 10.2. The van der Waals surface area contributed by atoms with E-state index in [1.807, 2.05) is 6.07 Å². The molecule has 1 aromatic heterocycles. The summed E-state index contributed by atoms with van der Waals surface area (Å²) in [6.07, 6.45) is -1.02. The number of nitrogens with one attached hydrogen (secondary N) is 1. The Labute approximate surface area is 165 Å². The maximum Gasteiger partial charge on any atom is 0.416 e. The number of ether oxygens (including phenoxy) is 1. The summed E-state index contributed by atoms with van der Waals surface area (Å²) in [6.45, 7) is 1.57. The summed E-state index contributed by atoms with van der Waals surface area (Å²) in [5.41, 5.74) is -0.692. The number of benzene rings is 1. The van der Waals surface area contributed by atoms with Crippen LogP contribution in [0.2, 0.25) is 5.02 Å². The van der Waals surface area contributed by atoms with E-state index < -0.39 is 11.7 Å². The van der Waals surface area contributed by atoms with Crippen molar-refractivity contribution in [3.8, 4) is 0 Å². The van der Waals surface area contributed by atoms with Crippen LogP contribution in [0.1, 0.15) is 24.2 Å². The Morgan fingerprint density at radius 1 is 1.33 bits per heavy atom. The van der Waals surface area contributed by atoms with Gasteiger partial charge in [0, 0.05) is 13.2 Å². The largest absolute Gasteiger partial charge is 0.467 e. The van der Waals surface area contributed by atoms with Gasteiger partial charge in [0.2, 0.25) is 0 Å². The Kier molecular flexibility index (Phi) is 6.29. The number of alkyl halides is 3. The van der Waals surface area contributed by atoms with Crippen LogP contribution in [0, 0.1) is 0 Å². The van der Waals surface area contributed by atoms with Gasteiger partial charge in [-0.15, -0.1) is 0 Å². The van der Waals surface area contributed by atoms with Crippen molar-refractivity contribution in [2.75, 3.05) is 18.5 Å². The van der Waals surface area contributed by atoms with E-state index >= 15 is 0 Å². The van der Waals surface area contributed by atoms with Crippen LogP contribution in [-0.4, -0.2) is 29.3 Å². The summed E-state index contributed by atoms with van der Waals surface area (Å²) in [5.74, 6) is 0.687. The van der Waals surface area contributed by atoms with Crippen molar-refractivity contribution in [2.24, 2.45) is 0 Å². The molecule has 0 aliphatic carbocycles. The van der Waals surface area contributed by atoms with Crippen molar-refractivity contribution < 1.29 is 22.3 Å². The third-order valence-corrected chi connectivity index (χ3v) is 4.89. The normalized spacial score (nSPS) is 17.1. The van der Waals surface area contributed by atoms with Gasteiger partial charge >= 0.3 is 6.18 Å². The lowest BCUT2D eigenvalue weighted by Gasteiger charge is -2.28. The molecule has 1 N–H and O–H groups in total. The topological polar surface area (TPSA) is 37.6 Å². The molecule has 2 aromatic rings. The highest BCUT2D eigenvalue weighted by molar-refractivity contribution is 7.80. The molecule has 3 rings (SSSR count). The fourth-order valence-corrected chi connectivity index (χ4v) is 3.25. The van der Waals surface area contributed by atoms with Crippen molar-refractivity contribution in [2.45, 2.75) is 31.7 Å². The smallest absolute Gasteiger partial charge is 0.416 e. The standard InChI is InChI=1S/C18H18ClF3N2O2S/c19-15-6-5-12(18(20,21)22)9-16(15)23-17(27)24(10-13-3-1-7-25-13)11-14-4-2-8-26-14/h1,3,5-7,9,14H,2,4,8,10-11H2,(H,23,27)/t14-/m0/s1. The van der Waals surface area contributed by atoms with Gasteiger partial charge in [0.25, 0.3) is 0 Å². The van der Waals surface area contributed by atoms with Crippen LogP contribution in [0.15, 0.2) is 41.0 Å². The maximum atomic E-state index is 13.0. The number of hydrogen-bond donors (Lipinski definition) is 1. The van der Waals surface area contributed by atoms with Gasteiger partial charge in [-0.1, -0.05) is 11.6 Å². The average Bonchev–Trinajstić information content (AvgIpc) is 3.29. The van der Waals surface area contributed by atoms with Gasteiger partial charge in [0.15, 0.2) is 5.11 Å². The van der Waals surface area contributed by atoms with Gasteiger partial charge in [-0.3, -0.25) is 0 Å². The first-order chi connectivity index (χ1) is 12.8. The van der Waals surface area contributed by atoms with E-state index in [1.165, 1.54) is 6.07 Å². The maximum absolute atomic E-state index is 13.0. The highest BCUT2D eigenvalue weighted by atomic mass is 35.5. The van der Waals surface area contributed by atoms with Crippen LogP contribution in [0.5, 0.6) is 0 Å². The van der Waals surface area contributed by atoms with Crippen molar-refractivity contribution in [3.05, 3.63) is 52.9 Å². The SMILES string of the molecule is FC(F)(F)c1ccc(Cl)c(NC(=S)N(Cc2ccco2)C[C@@H]2CCCO2)c1. The Morgan fingerprint density at radius 3 is 2.78 bits per heavy atom. The number of hydrogen-bond acceptors (Lipinski definition) is 3. The minimum atomic E-state index is -4.46. The molecule has 1 aliphatic rings. The van der Waals surface area contributed by atoms with Gasteiger partial charge in [-0.2, -0.15) is 13.2 Å². The van der Waals surface area contributed by atoms with Gasteiger partial charge in [0.1, 0.15) is 5.76 Å². The van der Waals surface area contributed by atoms with Crippen molar-refractivity contribution in [1.29, 1.82) is 0 Å². The molecule has 4 nitrogen and oxygen atoms in total. The van der Waals surface area contributed by atoms with Gasteiger partial charge in [0.05, 0.1) is 35.2 Å². The molecular weight excluding hydrogens is 401 g/mol. The first-order valence-corrected chi connectivity index (χ1v) is 9.18. The molecule has 0 spiro atoms. The van der Waals surface area contributed by atoms with E-state index in [0.29, 0.717) is 25.5 Å². The highest BCUT2D eigenvalue weighted by Gasteiger charge is 2.31. The number of anilines is 1. The summed E-state index contributed by atoms with van der Waals surface area (Å²) in [4.78, 5) is 1.81. The van der Waals surface area contributed by atoms with E-state index in [0.717, 1.165) is 25.0 Å². The molecule has 146 valence electrons. The van der Waals surface area contributed by atoms with Crippen LogP contribution in [0.3, 0.4) is 0 Å². The number of rotatable bonds is 5. The zero-order valence-corrected chi connectivity index (χ0v) is 15.8. The van der Waals surface area contributed by atoms with Gasteiger partial charge < -0.3 is 19.4 Å². The molecule has 0 amide bonds.